The maximum atomic E-state index is 3.61. The van der Waals surface area contributed by atoms with Gasteiger partial charge in [-0.2, -0.15) is 0 Å². The Labute approximate surface area is 133 Å². The van der Waals surface area contributed by atoms with E-state index in [-0.39, 0.29) is 0 Å². The van der Waals surface area contributed by atoms with Crippen LogP contribution >= 0.6 is 15.9 Å². The Hall–Kier alpha value is -1.86. The molecule has 0 spiro atoms. The monoisotopic (exact) mass is 334 g/mol. The summed E-state index contributed by atoms with van der Waals surface area (Å²) in [6.07, 6.45) is 1.06. The molecule has 0 atom stereocenters. The molecule has 0 fully saturated rings. The van der Waals surface area contributed by atoms with Gasteiger partial charge >= 0.3 is 0 Å². The molecule has 1 aliphatic rings. The lowest BCUT2D eigenvalue weighted by atomic mass is 9.93. The molecule has 0 bridgehead atoms. The molecule has 0 saturated heterocycles. The molecule has 0 radical (unpaired) electrons. The van der Waals surface area contributed by atoms with Gasteiger partial charge in [-0.3, -0.25) is 0 Å². The molecule has 0 unspecified atom stereocenters. The van der Waals surface area contributed by atoms with Crippen LogP contribution in [0.25, 0.3) is 16.3 Å². The zero-order valence-corrected chi connectivity index (χ0v) is 13.4. The Morgan fingerprint density at radius 3 is 2.57 bits per heavy atom. The molecule has 102 valence electrons. The summed E-state index contributed by atoms with van der Waals surface area (Å²) in [5.74, 6) is 0. The summed E-state index contributed by atoms with van der Waals surface area (Å²) in [4.78, 5) is 0. The van der Waals surface area contributed by atoms with Crippen molar-refractivity contribution in [3.8, 4) is 0 Å². The zero-order chi connectivity index (χ0) is 14.4. The third-order valence-electron chi connectivity index (χ3n) is 4.28. The zero-order valence-electron chi connectivity index (χ0n) is 11.9. The van der Waals surface area contributed by atoms with Crippen LogP contribution in [-0.4, -0.2) is 0 Å². The number of halogens is 1. The molecule has 3 aromatic carbocycles. The Bertz CT molecular complexity index is 882. The van der Waals surface area contributed by atoms with Crippen molar-refractivity contribution in [3.05, 3.63) is 87.4 Å². The van der Waals surface area contributed by atoms with E-state index in [1.165, 1.54) is 38.6 Å². The normalized spacial score (nSPS) is 13.8. The van der Waals surface area contributed by atoms with E-state index in [0.29, 0.717) is 0 Å². The standard InChI is InChI=1S/C20H15Br/c1-13-11-15-9-10-16(21)12-19(15)20(13)18-8-4-6-14-5-2-3-7-17(14)18/h2-10,12H,11H2,1H3. The molecule has 0 N–H and O–H groups in total. The third-order valence-corrected chi connectivity index (χ3v) is 4.78. The third kappa shape index (κ3) is 2.04. The minimum absolute atomic E-state index is 1.06. The summed E-state index contributed by atoms with van der Waals surface area (Å²) in [5.41, 5.74) is 7.02. The second-order valence-electron chi connectivity index (χ2n) is 5.66. The van der Waals surface area contributed by atoms with Gasteiger partial charge in [0.2, 0.25) is 0 Å². The van der Waals surface area contributed by atoms with Crippen molar-refractivity contribution >= 4 is 32.3 Å². The van der Waals surface area contributed by atoms with Crippen LogP contribution in [0, 0.1) is 0 Å². The van der Waals surface area contributed by atoms with E-state index in [0.717, 1.165) is 10.9 Å². The van der Waals surface area contributed by atoms with E-state index in [1.807, 2.05) is 0 Å². The molecule has 21 heavy (non-hydrogen) atoms. The van der Waals surface area contributed by atoms with Crippen LogP contribution in [0.5, 0.6) is 0 Å². The fourth-order valence-electron chi connectivity index (χ4n) is 3.36. The maximum absolute atomic E-state index is 3.61. The minimum Gasteiger partial charge on any atom is -0.0616 e. The van der Waals surface area contributed by atoms with Crippen molar-refractivity contribution in [2.45, 2.75) is 13.3 Å². The van der Waals surface area contributed by atoms with Gasteiger partial charge in [-0.05, 0) is 58.5 Å². The van der Waals surface area contributed by atoms with E-state index >= 15 is 0 Å². The molecule has 4 rings (SSSR count). The SMILES string of the molecule is CC1=C(c2cccc3ccccc23)c2cc(Br)ccc2C1. The molecular formula is C20H15Br. The van der Waals surface area contributed by atoms with Crippen LogP contribution in [0.1, 0.15) is 23.6 Å². The fourth-order valence-corrected chi connectivity index (χ4v) is 3.72. The first-order valence-electron chi connectivity index (χ1n) is 7.21. The number of benzene rings is 3. The van der Waals surface area contributed by atoms with Crippen LogP contribution in [0.15, 0.2) is 70.7 Å². The molecule has 0 nitrogen and oxygen atoms in total. The number of hydrogen-bond acceptors (Lipinski definition) is 0. The summed E-state index contributed by atoms with van der Waals surface area (Å²) < 4.78 is 1.15. The summed E-state index contributed by atoms with van der Waals surface area (Å²) in [6.45, 7) is 2.25. The summed E-state index contributed by atoms with van der Waals surface area (Å²) >= 11 is 3.61. The van der Waals surface area contributed by atoms with Crippen molar-refractivity contribution < 1.29 is 0 Å². The highest BCUT2D eigenvalue weighted by Gasteiger charge is 2.21. The molecule has 3 aromatic rings. The molecule has 0 aromatic heterocycles. The molecule has 0 aliphatic heterocycles. The van der Waals surface area contributed by atoms with Gasteiger partial charge in [0.25, 0.3) is 0 Å². The molecular weight excluding hydrogens is 320 g/mol. The summed E-state index contributed by atoms with van der Waals surface area (Å²) in [7, 11) is 0. The van der Waals surface area contributed by atoms with E-state index in [1.54, 1.807) is 0 Å². The van der Waals surface area contributed by atoms with Gasteiger partial charge < -0.3 is 0 Å². The van der Waals surface area contributed by atoms with Crippen molar-refractivity contribution in [1.29, 1.82) is 0 Å². The Kier molecular flexibility index (Phi) is 2.97. The predicted octanol–water partition coefficient (Wildman–Crippen LogP) is 5.98. The second-order valence-corrected chi connectivity index (χ2v) is 6.58. The van der Waals surface area contributed by atoms with E-state index in [9.17, 15) is 0 Å². The largest absolute Gasteiger partial charge is 0.0616 e. The molecule has 1 heteroatoms. The van der Waals surface area contributed by atoms with Crippen LogP contribution in [0.3, 0.4) is 0 Å². The highest BCUT2D eigenvalue weighted by Crippen LogP contribution is 2.40. The van der Waals surface area contributed by atoms with Gasteiger partial charge in [0, 0.05) is 4.47 Å². The first-order valence-corrected chi connectivity index (χ1v) is 8.00. The average molecular weight is 335 g/mol. The van der Waals surface area contributed by atoms with Crippen LogP contribution in [0.2, 0.25) is 0 Å². The average Bonchev–Trinajstić information content (AvgIpc) is 2.82. The Balaban J connectivity index is 2.02. The maximum Gasteiger partial charge on any atom is 0.0181 e. The van der Waals surface area contributed by atoms with Crippen LogP contribution in [0.4, 0.5) is 0 Å². The summed E-state index contributed by atoms with van der Waals surface area (Å²) in [6, 6.07) is 21.9. The number of fused-ring (bicyclic) bond motifs is 2. The highest BCUT2D eigenvalue weighted by atomic mass is 79.9. The van der Waals surface area contributed by atoms with Crippen molar-refractivity contribution in [2.24, 2.45) is 0 Å². The molecule has 0 saturated carbocycles. The molecule has 1 aliphatic carbocycles. The quantitative estimate of drug-likeness (QED) is 0.513. The highest BCUT2D eigenvalue weighted by molar-refractivity contribution is 9.10. The van der Waals surface area contributed by atoms with Gasteiger partial charge in [0.05, 0.1) is 0 Å². The van der Waals surface area contributed by atoms with Crippen molar-refractivity contribution in [1.82, 2.24) is 0 Å². The van der Waals surface area contributed by atoms with Crippen molar-refractivity contribution in [2.75, 3.05) is 0 Å². The van der Waals surface area contributed by atoms with Crippen LogP contribution < -0.4 is 0 Å². The van der Waals surface area contributed by atoms with Crippen molar-refractivity contribution in [3.63, 3.8) is 0 Å². The van der Waals surface area contributed by atoms with Gasteiger partial charge in [0.1, 0.15) is 0 Å². The smallest absolute Gasteiger partial charge is 0.0181 e. The number of rotatable bonds is 1. The summed E-state index contributed by atoms with van der Waals surface area (Å²) in [5, 5.41) is 2.64. The molecule has 0 amide bonds. The van der Waals surface area contributed by atoms with Gasteiger partial charge in [-0.25, -0.2) is 0 Å². The lowest BCUT2D eigenvalue weighted by Gasteiger charge is -2.11. The fraction of sp³-hybridized carbons (Fsp3) is 0.100. The van der Waals surface area contributed by atoms with Gasteiger partial charge in [-0.15, -0.1) is 0 Å². The number of allylic oxidation sites excluding steroid dienone is 1. The van der Waals surface area contributed by atoms with E-state index in [2.05, 4.69) is 83.5 Å². The molecule has 0 heterocycles. The predicted molar refractivity (Wildman–Crippen MR) is 93.5 cm³/mol. The minimum atomic E-state index is 1.06. The van der Waals surface area contributed by atoms with Gasteiger partial charge in [0.15, 0.2) is 0 Å². The lowest BCUT2D eigenvalue weighted by molar-refractivity contribution is 1.19. The van der Waals surface area contributed by atoms with E-state index in [4.69, 9.17) is 0 Å². The van der Waals surface area contributed by atoms with E-state index < -0.39 is 0 Å². The second kappa shape index (κ2) is 4.85. The van der Waals surface area contributed by atoms with Crippen LogP contribution in [-0.2, 0) is 6.42 Å². The topological polar surface area (TPSA) is 0 Å². The first-order chi connectivity index (χ1) is 10.2. The number of hydrogen-bond donors (Lipinski definition) is 0. The van der Waals surface area contributed by atoms with Gasteiger partial charge in [-0.1, -0.05) is 70.0 Å². The first kappa shape index (κ1) is 12.8. The Morgan fingerprint density at radius 2 is 1.67 bits per heavy atom. The Morgan fingerprint density at radius 1 is 0.857 bits per heavy atom. The lowest BCUT2D eigenvalue weighted by Crippen LogP contribution is -1.89.